The number of ether oxygens (including phenoxy) is 2. The van der Waals surface area contributed by atoms with Crippen LogP contribution in [0.3, 0.4) is 0 Å². The van der Waals surface area contributed by atoms with Crippen LogP contribution in [0.2, 0.25) is 0 Å². The molecule has 0 saturated carbocycles. The van der Waals surface area contributed by atoms with E-state index in [1.807, 2.05) is 12.1 Å². The molecule has 106 valence electrons. The monoisotopic (exact) mass is 263 g/mol. The van der Waals surface area contributed by atoms with Crippen molar-refractivity contribution in [1.82, 2.24) is 5.32 Å². The van der Waals surface area contributed by atoms with Crippen molar-refractivity contribution in [2.45, 2.75) is 32.7 Å². The Morgan fingerprint density at radius 3 is 2.79 bits per heavy atom. The molecule has 0 aliphatic carbocycles. The van der Waals surface area contributed by atoms with Crippen LogP contribution in [-0.2, 0) is 6.54 Å². The van der Waals surface area contributed by atoms with E-state index in [1.54, 1.807) is 13.2 Å². The van der Waals surface area contributed by atoms with Gasteiger partial charge in [-0.1, -0.05) is 38.5 Å². The van der Waals surface area contributed by atoms with Crippen molar-refractivity contribution in [3.8, 4) is 11.5 Å². The second kappa shape index (κ2) is 9.45. The molecule has 0 fully saturated rings. The van der Waals surface area contributed by atoms with E-state index >= 15 is 0 Å². The predicted octanol–water partition coefficient (Wildman–Crippen LogP) is 3.54. The molecule has 0 unspecified atom stereocenters. The van der Waals surface area contributed by atoms with Crippen LogP contribution in [0.25, 0.3) is 0 Å². The lowest BCUT2D eigenvalue weighted by molar-refractivity contribution is 0.326. The van der Waals surface area contributed by atoms with Gasteiger partial charge in [0.15, 0.2) is 11.5 Å². The molecule has 1 rings (SSSR count). The van der Waals surface area contributed by atoms with Crippen molar-refractivity contribution in [3.05, 3.63) is 36.4 Å². The van der Waals surface area contributed by atoms with E-state index in [9.17, 15) is 0 Å². The maximum atomic E-state index is 5.53. The van der Waals surface area contributed by atoms with Crippen LogP contribution in [0.15, 0.2) is 30.9 Å². The fraction of sp³-hybridized carbons (Fsp3) is 0.500. The Hall–Kier alpha value is -1.48. The van der Waals surface area contributed by atoms with Gasteiger partial charge in [0.1, 0.15) is 6.61 Å². The number of hydrogen-bond donors (Lipinski definition) is 1. The summed E-state index contributed by atoms with van der Waals surface area (Å²) in [4.78, 5) is 0. The number of hydrogen-bond acceptors (Lipinski definition) is 3. The second-order valence-electron chi connectivity index (χ2n) is 4.47. The molecule has 0 heterocycles. The van der Waals surface area contributed by atoms with E-state index in [-0.39, 0.29) is 0 Å². The average Bonchev–Trinajstić information content (AvgIpc) is 2.45. The van der Waals surface area contributed by atoms with Gasteiger partial charge in [0.05, 0.1) is 7.11 Å². The lowest BCUT2D eigenvalue weighted by Gasteiger charge is -2.11. The highest BCUT2D eigenvalue weighted by Gasteiger charge is 2.05. The summed E-state index contributed by atoms with van der Waals surface area (Å²) in [5, 5.41) is 3.44. The molecule has 1 N–H and O–H groups in total. The quantitative estimate of drug-likeness (QED) is 0.517. The van der Waals surface area contributed by atoms with Gasteiger partial charge in [0.2, 0.25) is 0 Å². The summed E-state index contributed by atoms with van der Waals surface area (Å²) < 4.78 is 10.9. The van der Waals surface area contributed by atoms with Crippen molar-refractivity contribution in [3.63, 3.8) is 0 Å². The molecule has 0 aliphatic rings. The van der Waals surface area contributed by atoms with Crippen LogP contribution in [-0.4, -0.2) is 20.3 Å². The van der Waals surface area contributed by atoms with Gasteiger partial charge in [-0.25, -0.2) is 0 Å². The van der Waals surface area contributed by atoms with Crippen LogP contribution in [0.1, 0.15) is 31.7 Å². The van der Waals surface area contributed by atoms with Gasteiger partial charge in [-0.15, -0.1) is 0 Å². The van der Waals surface area contributed by atoms with Gasteiger partial charge in [-0.3, -0.25) is 0 Å². The van der Waals surface area contributed by atoms with Gasteiger partial charge >= 0.3 is 0 Å². The van der Waals surface area contributed by atoms with Crippen LogP contribution >= 0.6 is 0 Å². The third-order valence-corrected chi connectivity index (χ3v) is 2.87. The Kier molecular flexibility index (Phi) is 7.75. The number of rotatable bonds is 10. The zero-order valence-corrected chi connectivity index (χ0v) is 12.1. The lowest BCUT2D eigenvalue weighted by Crippen LogP contribution is -2.14. The fourth-order valence-corrected chi connectivity index (χ4v) is 1.82. The van der Waals surface area contributed by atoms with E-state index in [0.717, 1.165) is 24.6 Å². The Labute approximate surface area is 116 Å². The molecule has 0 bridgehead atoms. The molecule has 1 aromatic rings. The van der Waals surface area contributed by atoms with E-state index < -0.39 is 0 Å². The first-order valence-electron chi connectivity index (χ1n) is 6.93. The zero-order valence-electron chi connectivity index (χ0n) is 12.1. The van der Waals surface area contributed by atoms with Crippen molar-refractivity contribution in [2.75, 3.05) is 20.3 Å². The van der Waals surface area contributed by atoms with E-state index in [0.29, 0.717) is 6.61 Å². The second-order valence-corrected chi connectivity index (χ2v) is 4.47. The summed E-state index contributed by atoms with van der Waals surface area (Å²) in [6.45, 7) is 8.27. The van der Waals surface area contributed by atoms with Gasteiger partial charge in [0, 0.05) is 6.54 Å². The maximum Gasteiger partial charge on any atom is 0.161 e. The van der Waals surface area contributed by atoms with E-state index in [4.69, 9.17) is 9.47 Å². The highest BCUT2D eigenvalue weighted by atomic mass is 16.5. The van der Waals surface area contributed by atoms with Crippen LogP contribution in [0, 0.1) is 0 Å². The molecule has 0 amide bonds. The van der Waals surface area contributed by atoms with Crippen molar-refractivity contribution in [1.29, 1.82) is 0 Å². The topological polar surface area (TPSA) is 30.5 Å². The summed E-state index contributed by atoms with van der Waals surface area (Å²) in [6.07, 6.45) is 5.49. The van der Waals surface area contributed by atoms with Crippen molar-refractivity contribution >= 4 is 0 Å². The minimum absolute atomic E-state index is 0.491. The summed E-state index contributed by atoms with van der Waals surface area (Å²) >= 11 is 0. The Balaban J connectivity index is 2.48. The number of methoxy groups -OCH3 is 1. The third kappa shape index (κ3) is 5.79. The first kappa shape index (κ1) is 15.6. The van der Waals surface area contributed by atoms with Crippen molar-refractivity contribution in [2.24, 2.45) is 0 Å². The maximum absolute atomic E-state index is 5.53. The minimum Gasteiger partial charge on any atom is -0.493 e. The molecule has 0 aliphatic heterocycles. The van der Waals surface area contributed by atoms with Gasteiger partial charge in [-0.05, 0) is 30.7 Å². The predicted molar refractivity (Wildman–Crippen MR) is 79.9 cm³/mol. The first-order valence-corrected chi connectivity index (χ1v) is 6.93. The molecular weight excluding hydrogens is 238 g/mol. The minimum atomic E-state index is 0.491. The molecule has 3 heteroatoms. The van der Waals surface area contributed by atoms with Crippen LogP contribution in [0.4, 0.5) is 0 Å². The third-order valence-electron chi connectivity index (χ3n) is 2.87. The van der Waals surface area contributed by atoms with Crippen LogP contribution < -0.4 is 14.8 Å². The molecule has 0 atom stereocenters. The molecular formula is C16H25NO2. The number of benzene rings is 1. The van der Waals surface area contributed by atoms with Gasteiger partial charge < -0.3 is 14.8 Å². The number of unbranched alkanes of at least 4 members (excludes halogenated alkanes) is 2. The normalized spacial score (nSPS) is 10.2. The molecule has 19 heavy (non-hydrogen) atoms. The summed E-state index contributed by atoms with van der Waals surface area (Å²) in [7, 11) is 1.66. The smallest absolute Gasteiger partial charge is 0.161 e. The largest absolute Gasteiger partial charge is 0.493 e. The fourth-order valence-electron chi connectivity index (χ4n) is 1.82. The Morgan fingerprint density at radius 1 is 1.26 bits per heavy atom. The zero-order chi connectivity index (χ0) is 13.9. The van der Waals surface area contributed by atoms with Crippen molar-refractivity contribution < 1.29 is 9.47 Å². The molecule has 0 aromatic heterocycles. The SMILES string of the molecule is C=CCOc1ccc(CNCCCCC)cc1OC. The van der Waals surface area contributed by atoms with Crippen LogP contribution in [0.5, 0.6) is 11.5 Å². The highest BCUT2D eigenvalue weighted by Crippen LogP contribution is 2.27. The molecule has 0 spiro atoms. The van der Waals surface area contributed by atoms with E-state index in [2.05, 4.69) is 24.9 Å². The summed E-state index contributed by atoms with van der Waals surface area (Å²) in [6, 6.07) is 6.03. The average molecular weight is 263 g/mol. The standard InChI is InChI=1S/C16H25NO2/c1-4-6-7-10-17-13-14-8-9-15(19-11-5-2)16(12-14)18-3/h5,8-9,12,17H,2,4,6-7,10-11,13H2,1,3H3. The Bertz CT molecular complexity index is 377. The molecule has 0 saturated heterocycles. The first-order chi connectivity index (χ1) is 9.31. The molecule has 0 radical (unpaired) electrons. The number of nitrogens with one attached hydrogen (secondary N) is 1. The highest BCUT2D eigenvalue weighted by molar-refractivity contribution is 5.43. The Morgan fingerprint density at radius 2 is 2.11 bits per heavy atom. The summed E-state index contributed by atoms with van der Waals surface area (Å²) in [5.74, 6) is 1.53. The lowest BCUT2D eigenvalue weighted by atomic mass is 10.2. The molecule has 1 aromatic carbocycles. The van der Waals surface area contributed by atoms with E-state index in [1.165, 1.54) is 24.8 Å². The van der Waals surface area contributed by atoms with Gasteiger partial charge in [-0.2, -0.15) is 0 Å². The van der Waals surface area contributed by atoms with Gasteiger partial charge in [0.25, 0.3) is 0 Å². The molecule has 3 nitrogen and oxygen atoms in total. The summed E-state index contributed by atoms with van der Waals surface area (Å²) in [5.41, 5.74) is 1.21.